The van der Waals surface area contributed by atoms with Crippen LogP contribution in [0.2, 0.25) is 0 Å². The number of amides is 2. The number of methoxy groups -OCH3 is 1. The summed E-state index contributed by atoms with van der Waals surface area (Å²) < 4.78 is 19.6. The van der Waals surface area contributed by atoms with Crippen LogP contribution in [-0.2, 0) is 20.7 Å². The maximum atomic E-state index is 14.3. The van der Waals surface area contributed by atoms with E-state index in [4.69, 9.17) is 4.74 Å². The van der Waals surface area contributed by atoms with Crippen molar-refractivity contribution < 1.29 is 18.7 Å². The molecule has 2 aliphatic heterocycles. The molecule has 6 nitrogen and oxygen atoms in total. The first-order valence-corrected chi connectivity index (χ1v) is 8.17. The molecule has 2 aliphatic rings. The number of halogens is 2. The normalized spacial score (nSPS) is 18.6. The van der Waals surface area contributed by atoms with Crippen molar-refractivity contribution in [1.29, 1.82) is 0 Å². The van der Waals surface area contributed by atoms with E-state index >= 15 is 0 Å². The first-order valence-electron chi connectivity index (χ1n) is 8.17. The second-order valence-corrected chi connectivity index (χ2v) is 6.45. The smallest absolute Gasteiger partial charge is 0.233 e. The molecule has 0 spiro atoms. The molecular weight excluding hydrogens is 349 g/mol. The molecule has 0 radical (unpaired) electrons. The zero-order valence-corrected chi connectivity index (χ0v) is 14.9. The lowest BCUT2D eigenvalue weighted by Crippen LogP contribution is -2.47. The standard InChI is InChI=1S/C17H22FN3O3.ClH/c1-24-10-17(4-6-19-7-5-17)16(23)21-14-9-13-11(8-12(14)18)2-3-15(22)20-13;/h8-9,19H,2-7,10H2,1H3,(H,20,22)(H,21,23);1H. The molecule has 0 atom stereocenters. The van der Waals surface area contributed by atoms with Crippen molar-refractivity contribution in [3.05, 3.63) is 23.5 Å². The van der Waals surface area contributed by atoms with Gasteiger partial charge in [0.05, 0.1) is 17.7 Å². The molecule has 25 heavy (non-hydrogen) atoms. The number of fused-ring (bicyclic) bond motifs is 1. The molecule has 1 saturated heterocycles. The Kier molecular flexibility index (Phi) is 6.37. The zero-order valence-electron chi connectivity index (χ0n) is 14.1. The molecule has 3 N–H and O–H groups in total. The SMILES string of the molecule is COCC1(C(=O)Nc2cc3c(cc2F)CCC(=O)N3)CCNCC1.Cl. The summed E-state index contributed by atoms with van der Waals surface area (Å²) in [5.41, 5.74) is 0.744. The van der Waals surface area contributed by atoms with Gasteiger partial charge in [-0.1, -0.05) is 0 Å². The van der Waals surface area contributed by atoms with Crippen molar-refractivity contribution >= 4 is 35.6 Å². The molecule has 1 fully saturated rings. The molecule has 0 bridgehead atoms. The van der Waals surface area contributed by atoms with Gasteiger partial charge in [-0.3, -0.25) is 9.59 Å². The van der Waals surface area contributed by atoms with Gasteiger partial charge in [-0.25, -0.2) is 4.39 Å². The van der Waals surface area contributed by atoms with Crippen LogP contribution in [0.15, 0.2) is 12.1 Å². The van der Waals surface area contributed by atoms with Gasteiger partial charge < -0.3 is 20.7 Å². The predicted molar refractivity (Wildman–Crippen MR) is 95.6 cm³/mol. The highest BCUT2D eigenvalue weighted by atomic mass is 35.5. The zero-order chi connectivity index (χ0) is 17.2. The number of ether oxygens (including phenoxy) is 1. The van der Waals surface area contributed by atoms with Gasteiger partial charge in [0.2, 0.25) is 11.8 Å². The minimum atomic E-state index is -0.661. The Morgan fingerprint density at radius 3 is 2.72 bits per heavy atom. The summed E-state index contributed by atoms with van der Waals surface area (Å²) in [6, 6.07) is 2.89. The van der Waals surface area contributed by atoms with E-state index in [1.54, 1.807) is 7.11 Å². The van der Waals surface area contributed by atoms with Crippen molar-refractivity contribution in [2.45, 2.75) is 25.7 Å². The number of carbonyl (C=O) groups is 2. The lowest BCUT2D eigenvalue weighted by Gasteiger charge is -2.35. The van der Waals surface area contributed by atoms with E-state index in [0.29, 0.717) is 38.0 Å². The van der Waals surface area contributed by atoms with Crippen molar-refractivity contribution in [1.82, 2.24) is 5.32 Å². The largest absolute Gasteiger partial charge is 0.384 e. The summed E-state index contributed by atoms with van der Waals surface area (Å²) in [5.74, 6) is -0.827. The fourth-order valence-electron chi connectivity index (χ4n) is 3.37. The fraction of sp³-hybridized carbons (Fsp3) is 0.529. The van der Waals surface area contributed by atoms with E-state index in [2.05, 4.69) is 16.0 Å². The summed E-state index contributed by atoms with van der Waals surface area (Å²) in [4.78, 5) is 24.3. The van der Waals surface area contributed by atoms with Gasteiger partial charge in [0.1, 0.15) is 5.82 Å². The average molecular weight is 372 g/mol. The Morgan fingerprint density at radius 1 is 1.32 bits per heavy atom. The van der Waals surface area contributed by atoms with Crippen LogP contribution in [0.3, 0.4) is 0 Å². The number of hydrogen-bond donors (Lipinski definition) is 3. The lowest BCUT2D eigenvalue weighted by atomic mass is 9.78. The lowest BCUT2D eigenvalue weighted by molar-refractivity contribution is -0.130. The van der Waals surface area contributed by atoms with Crippen LogP contribution in [0.1, 0.15) is 24.8 Å². The van der Waals surface area contributed by atoms with E-state index in [0.717, 1.165) is 18.7 Å². The van der Waals surface area contributed by atoms with Crippen molar-refractivity contribution in [2.75, 3.05) is 37.4 Å². The third-order valence-corrected chi connectivity index (χ3v) is 4.80. The number of carbonyl (C=O) groups excluding carboxylic acids is 2. The highest BCUT2D eigenvalue weighted by molar-refractivity contribution is 5.98. The minimum absolute atomic E-state index is 0. The number of hydrogen-bond acceptors (Lipinski definition) is 4. The number of aryl methyl sites for hydroxylation is 1. The maximum Gasteiger partial charge on any atom is 0.233 e. The Bertz CT molecular complexity index is 657. The highest BCUT2D eigenvalue weighted by Gasteiger charge is 2.40. The summed E-state index contributed by atoms with van der Waals surface area (Å²) in [6.45, 7) is 1.74. The summed E-state index contributed by atoms with van der Waals surface area (Å²) in [6.07, 6.45) is 2.12. The summed E-state index contributed by atoms with van der Waals surface area (Å²) in [5, 5.41) is 8.64. The molecule has 1 aromatic rings. The van der Waals surface area contributed by atoms with Crippen LogP contribution in [-0.4, -0.2) is 38.6 Å². The Balaban J connectivity index is 0.00000225. The second-order valence-electron chi connectivity index (χ2n) is 6.45. The molecular formula is C17H23ClFN3O3. The second kappa shape index (κ2) is 8.12. The van der Waals surface area contributed by atoms with Crippen LogP contribution in [0.25, 0.3) is 0 Å². The molecule has 3 rings (SSSR count). The van der Waals surface area contributed by atoms with Gasteiger partial charge in [-0.15, -0.1) is 12.4 Å². The van der Waals surface area contributed by atoms with E-state index in [1.807, 2.05) is 0 Å². The summed E-state index contributed by atoms with van der Waals surface area (Å²) >= 11 is 0. The third kappa shape index (κ3) is 4.11. The molecule has 0 aromatic heterocycles. The topological polar surface area (TPSA) is 79.5 Å². The van der Waals surface area contributed by atoms with Crippen LogP contribution >= 0.6 is 12.4 Å². The molecule has 138 valence electrons. The monoisotopic (exact) mass is 371 g/mol. The van der Waals surface area contributed by atoms with Gasteiger partial charge in [0.25, 0.3) is 0 Å². The number of nitrogens with one attached hydrogen (secondary N) is 3. The van der Waals surface area contributed by atoms with Gasteiger partial charge in [0.15, 0.2) is 0 Å². The number of benzene rings is 1. The first-order chi connectivity index (χ1) is 11.5. The molecule has 2 amide bonds. The predicted octanol–water partition coefficient (Wildman–Crippen LogP) is 2.09. The average Bonchev–Trinajstić information content (AvgIpc) is 2.57. The van der Waals surface area contributed by atoms with Crippen LogP contribution in [0.5, 0.6) is 0 Å². The van der Waals surface area contributed by atoms with Crippen LogP contribution < -0.4 is 16.0 Å². The van der Waals surface area contributed by atoms with Gasteiger partial charge >= 0.3 is 0 Å². The molecule has 1 aromatic carbocycles. The number of anilines is 2. The quantitative estimate of drug-likeness (QED) is 0.757. The van der Waals surface area contributed by atoms with Gasteiger partial charge in [-0.2, -0.15) is 0 Å². The maximum absolute atomic E-state index is 14.3. The van der Waals surface area contributed by atoms with E-state index in [9.17, 15) is 14.0 Å². The highest BCUT2D eigenvalue weighted by Crippen LogP contribution is 2.33. The number of rotatable bonds is 4. The fourth-order valence-corrected chi connectivity index (χ4v) is 3.37. The van der Waals surface area contributed by atoms with Crippen molar-refractivity contribution in [3.63, 3.8) is 0 Å². The van der Waals surface area contributed by atoms with E-state index < -0.39 is 11.2 Å². The molecule has 0 saturated carbocycles. The molecule has 0 aliphatic carbocycles. The minimum Gasteiger partial charge on any atom is -0.384 e. The van der Waals surface area contributed by atoms with Crippen molar-refractivity contribution in [2.24, 2.45) is 5.41 Å². The van der Waals surface area contributed by atoms with Crippen LogP contribution in [0, 0.1) is 11.2 Å². The molecule has 8 heteroatoms. The number of piperidine rings is 1. The molecule has 2 heterocycles. The third-order valence-electron chi connectivity index (χ3n) is 4.80. The summed E-state index contributed by atoms with van der Waals surface area (Å²) in [7, 11) is 1.56. The van der Waals surface area contributed by atoms with E-state index in [-0.39, 0.29) is 29.9 Å². The molecule has 0 unspecified atom stereocenters. The van der Waals surface area contributed by atoms with Gasteiger partial charge in [-0.05, 0) is 50.0 Å². The van der Waals surface area contributed by atoms with Gasteiger partial charge in [0, 0.05) is 19.2 Å². The van der Waals surface area contributed by atoms with Crippen LogP contribution in [0.4, 0.5) is 15.8 Å². The Morgan fingerprint density at radius 2 is 2.04 bits per heavy atom. The van der Waals surface area contributed by atoms with Crippen molar-refractivity contribution in [3.8, 4) is 0 Å². The Labute approximate surface area is 152 Å². The first kappa shape index (κ1) is 19.6. The van der Waals surface area contributed by atoms with E-state index in [1.165, 1.54) is 12.1 Å². The Hall–Kier alpha value is -1.70.